The predicted octanol–water partition coefficient (Wildman–Crippen LogP) is 7.81. The van der Waals surface area contributed by atoms with E-state index in [1.807, 2.05) is 66.7 Å². The summed E-state index contributed by atoms with van der Waals surface area (Å²) in [5.74, 6) is -0.700. The Labute approximate surface area is 285 Å². The van der Waals surface area contributed by atoms with Crippen LogP contribution in [-0.2, 0) is 16.2 Å². The molecule has 5 aromatic carbocycles. The molecule has 8 rings (SSSR count). The van der Waals surface area contributed by atoms with Crippen molar-refractivity contribution in [3.8, 4) is 5.75 Å². The molecular formula is C42H35N3O4. The average Bonchev–Trinajstić information content (AvgIpc) is 3.14. The highest BCUT2D eigenvalue weighted by Gasteiger charge is 2.40. The maximum atomic E-state index is 14.3. The number of nitrogens with one attached hydrogen (secondary N) is 1. The minimum Gasteiger partial charge on any atom is -0.488 e. The Morgan fingerprint density at radius 3 is 1.86 bits per heavy atom. The van der Waals surface area contributed by atoms with Crippen LogP contribution in [0.2, 0.25) is 0 Å². The van der Waals surface area contributed by atoms with Crippen LogP contribution in [0.1, 0.15) is 58.1 Å². The smallest absolute Gasteiger partial charge is 0.335 e. The number of anilines is 2. The summed E-state index contributed by atoms with van der Waals surface area (Å²) >= 11 is 0. The minimum atomic E-state index is -0.760. The summed E-state index contributed by atoms with van der Waals surface area (Å²) in [6, 6.07) is 41.1. The molecule has 49 heavy (non-hydrogen) atoms. The third kappa shape index (κ3) is 5.78. The van der Waals surface area contributed by atoms with E-state index in [4.69, 9.17) is 4.74 Å². The monoisotopic (exact) mass is 645 g/mol. The zero-order valence-corrected chi connectivity index (χ0v) is 26.9. The van der Waals surface area contributed by atoms with Gasteiger partial charge in [-0.2, -0.15) is 0 Å². The molecule has 0 bridgehead atoms. The van der Waals surface area contributed by atoms with E-state index in [1.54, 1.807) is 12.1 Å². The van der Waals surface area contributed by atoms with Crippen LogP contribution in [0.5, 0.6) is 5.75 Å². The summed E-state index contributed by atoms with van der Waals surface area (Å²) in [7, 11) is 0. The molecule has 0 radical (unpaired) electrons. The Bertz CT molecular complexity index is 2010. The van der Waals surface area contributed by atoms with E-state index in [2.05, 4.69) is 58.7 Å². The van der Waals surface area contributed by atoms with Crippen LogP contribution in [0.15, 0.2) is 133 Å². The molecule has 2 atom stereocenters. The number of carbonyl (C=O) groups excluding carboxylic acids is 3. The molecule has 3 heterocycles. The molecule has 1 N–H and O–H groups in total. The fourth-order valence-corrected chi connectivity index (χ4v) is 7.48. The first kappa shape index (κ1) is 30.4. The molecule has 1 fully saturated rings. The molecule has 0 aromatic heterocycles. The summed E-state index contributed by atoms with van der Waals surface area (Å²) in [6.45, 7) is 2.18. The van der Waals surface area contributed by atoms with E-state index >= 15 is 0 Å². The molecule has 7 heteroatoms. The minimum absolute atomic E-state index is 0.0916. The number of urea groups is 1. The number of hydrogen-bond acceptors (Lipinski definition) is 5. The number of imide groups is 2. The lowest BCUT2D eigenvalue weighted by molar-refractivity contribution is -0.122. The van der Waals surface area contributed by atoms with Crippen molar-refractivity contribution >= 4 is 35.3 Å². The van der Waals surface area contributed by atoms with Gasteiger partial charge in [0.15, 0.2) is 0 Å². The van der Waals surface area contributed by atoms with Crippen LogP contribution in [0.4, 0.5) is 16.2 Å². The highest BCUT2D eigenvalue weighted by molar-refractivity contribution is 6.39. The van der Waals surface area contributed by atoms with Crippen LogP contribution >= 0.6 is 0 Å². The van der Waals surface area contributed by atoms with Crippen molar-refractivity contribution in [3.05, 3.63) is 166 Å². The van der Waals surface area contributed by atoms with Gasteiger partial charge in [0.05, 0.1) is 5.69 Å². The van der Waals surface area contributed by atoms with Gasteiger partial charge in [-0.1, -0.05) is 109 Å². The Morgan fingerprint density at radius 1 is 0.694 bits per heavy atom. The molecule has 0 saturated carbocycles. The number of nitrogens with zero attached hydrogens (tertiary/aromatic N) is 2. The Morgan fingerprint density at radius 2 is 1.24 bits per heavy atom. The first-order chi connectivity index (χ1) is 24.0. The lowest BCUT2D eigenvalue weighted by Gasteiger charge is -2.44. The summed E-state index contributed by atoms with van der Waals surface area (Å²) in [4.78, 5) is 44.8. The fourth-order valence-electron chi connectivity index (χ4n) is 7.48. The largest absolute Gasteiger partial charge is 0.488 e. The van der Waals surface area contributed by atoms with Crippen molar-refractivity contribution < 1.29 is 19.1 Å². The van der Waals surface area contributed by atoms with Crippen molar-refractivity contribution in [2.24, 2.45) is 0 Å². The van der Waals surface area contributed by atoms with E-state index in [0.29, 0.717) is 23.6 Å². The third-order valence-corrected chi connectivity index (χ3v) is 9.82. The molecule has 0 aliphatic carbocycles. The number of hydrogen-bond donors (Lipinski definition) is 1. The second kappa shape index (κ2) is 12.9. The fraction of sp³-hybridized carbons (Fsp3) is 0.167. The lowest BCUT2D eigenvalue weighted by atomic mass is 9.76. The number of ether oxygens (including phenoxy) is 1. The quantitative estimate of drug-likeness (QED) is 0.144. The SMILES string of the molecule is O=C1NC(=O)N(c2cc3c4c(c2)[C@H](c2ccccc2)CCN4CC[C@H]3c2ccccc2)C(=O)/C1=C/c1ccccc1OCc1ccccc1. The highest BCUT2D eigenvalue weighted by atomic mass is 16.5. The van der Waals surface area contributed by atoms with Gasteiger partial charge in [-0.15, -0.1) is 0 Å². The van der Waals surface area contributed by atoms with E-state index in [-0.39, 0.29) is 17.4 Å². The molecular weight excluding hydrogens is 610 g/mol. The van der Waals surface area contributed by atoms with Crippen molar-refractivity contribution in [2.75, 3.05) is 22.9 Å². The number of rotatable bonds is 7. The van der Waals surface area contributed by atoms with Crippen LogP contribution in [0.25, 0.3) is 6.08 Å². The van der Waals surface area contributed by atoms with Gasteiger partial charge in [-0.25, -0.2) is 9.69 Å². The van der Waals surface area contributed by atoms with E-state index in [9.17, 15) is 14.4 Å². The van der Waals surface area contributed by atoms with Crippen molar-refractivity contribution in [1.29, 1.82) is 0 Å². The van der Waals surface area contributed by atoms with E-state index in [1.165, 1.54) is 22.9 Å². The number of amides is 4. The average molecular weight is 646 g/mol. The van der Waals surface area contributed by atoms with Crippen molar-refractivity contribution in [2.45, 2.75) is 31.3 Å². The van der Waals surface area contributed by atoms with Crippen LogP contribution in [0.3, 0.4) is 0 Å². The van der Waals surface area contributed by atoms with Gasteiger partial charge in [0.25, 0.3) is 11.8 Å². The molecule has 1 saturated heterocycles. The van der Waals surface area contributed by atoms with Gasteiger partial charge in [0.1, 0.15) is 17.9 Å². The zero-order chi connectivity index (χ0) is 33.3. The maximum Gasteiger partial charge on any atom is 0.335 e. The van der Waals surface area contributed by atoms with Crippen LogP contribution < -0.4 is 19.9 Å². The predicted molar refractivity (Wildman–Crippen MR) is 191 cm³/mol. The van der Waals surface area contributed by atoms with Crippen LogP contribution in [-0.4, -0.2) is 30.9 Å². The number of para-hydroxylation sites is 1. The maximum absolute atomic E-state index is 14.3. The molecule has 7 nitrogen and oxygen atoms in total. The molecule has 0 spiro atoms. The Hall–Kier alpha value is -5.95. The second-order valence-corrected chi connectivity index (χ2v) is 12.7. The normalized spacial score (nSPS) is 19.4. The first-order valence-corrected chi connectivity index (χ1v) is 16.7. The van der Waals surface area contributed by atoms with Gasteiger partial charge in [0.2, 0.25) is 0 Å². The van der Waals surface area contributed by atoms with Crippen molar-refractivity contribution in [3.63, 3.8) is 0 Å². The summed E-state index contributed by atoms with van der Waals surface area (Å²) < 4.78 is 6.11. The standard InChI is InChI=1S/C42H35N3O4/c46-40-37(24-31-18-10-11-19-38(31)49-27-28-12-4-1-5-13-28)41(47)45(42(48)43-40)32-25-35-33(29-14-6-2-7-15-29)20-22-44-23-21-34(36(26-32)39(35)44)30-16-8-3-9-17-30/h1-19,24-26,33-34H,20-23,27H2,(H,43,46,48)/b37-24+/t33-,34-/m0/s1. The van der Waals surface area contributed by atoms with Gasteiger partial charge < -0.3 is 9.64 Å². The molecule has 3 aliphatic heterocycles. The second-order valence-electron chi connectivity index (χ2n) is 12.7. The molecule has 4 amide bonds. The first-order valence-electron chi connectivity index (χ1n) is 16.7. The third-order valence-electron chi connectivity index (χ3n) is 9.82. The summed E-state index contributed by atoms with van der Waals surface area (Å²) in [5.41, 5.74) is 7.63. The molecule has 5 aromatic rings. The summed E-state index contributed by atoms with van der Waals surface area (Å²) in [6.07, 6.45) is 3.35. The van der Waals surface area contributed by atoms with Gasteiger partial charge in [-0.05, 0) is 64.9 Å². The molecule has 0 unspecified atom stereocenters. The molecule has 242 valence electrons. The Balaban J connectivity index is 1.22. The Kier molecular flexibility index (Phi) is 8.01. The topological polar surface area (TPSA) is 79.0 Å². The number of benzene rings is 5. The van der Waals surface area contributed by atoms with Crippen LogP contribution in [0, 0.1) is 0 Å². The van der Waals surface area contributed by atoms with Gasteiger partial charge in [-0.3, -0.25) is 14.9 Å². The highest BCUT2D eigenvalue weighted by Crippen LogP contribution is 2.50. The van der Waals surface area contributed by atoms with E-state index < -0.39 is 17.8 Å². The van der Waals surface area contributed by atoms with Crippen molar-refractivity contribution in [1.82, 2.24) is 5.32 Å². The van der Waals surface area contributed by atoms with Gasteiger partial charge in [0, 0.05) is 36.2 Å². The van der Waals surface area contributed by atoms with E-state index in [0.717, 1.165) is 47.5 Å². The van der Waals surface area contributed by atoms with Gasteiger partial charge >= 0.3 is 6.03 Å². The number of carbonyl (C=O) groups is 3. The zero-order valence-electron chi connectivity index (χ0n) is 26.9. The molecule has 3 aliphatic rings. The number of barbiturate groups is 1. The lowest BCUT2D eigenvalue weighted by Crippen LogP contribution is -2.54. The summed E-state index contributed by atoms with van der Waals surface area (Å²) in [5, 5.41) is 2.44.